The van der Waals surface area contributed by atoms with Crippen LogP contribution in [0, 0.1) is 0 Å². The number of hydrogen-bond acceptors (Lipinski definition) is 3. The third kappa shape index (κ3) is 4.37. The van der Waals surface area contributed by atoms with Crippen molar-refractivity contribution >= 4 is 9.84 Å². The van der Waals surface area contributed by atoms with E-state index in [0.717, 1.165) is 0 Å². The number of nitrogens with one attached hydrogen (secondary N) is 1. The van der Waals surface area contributed by atoms with E-state index in [2.05, 4.69) is 5.32 Å². The number of hydrogen-bond donors (Lipinski definition) is 1. The van der Waals surface area contributed by atoms with Gasteiger partial charge < -0.3 is 5.32 Å². The van der Waals surface area contributed by atoms with Crippen LogP contribution in [-0.4, -0.2) is 39.2 Å². The van der Waals surface area contributed by atoms with Crippen molar-refractivity contribution in [2.24, 2.45) is 0 Å². The van der Waals surface area contributed by atoms with Crippen LogP contribution in [0.4, 0.5) is 4.39 Å². The van der Waals surface area contributed by atoms with Crippen molar-refractivity contribution in [3.63, 3.8) is 0 Å². The van der Waals surface area contributed by atoms with E-state index >= 15 is 0 Å². The van der Waals surface area contributed by atoms with Crippen molar-refractivity contribution in [1.82, 2.24) is 5.32 Å². The molecule has 1 aliphatic heterocycles. The average molecular weight is 223 g/mol. The number of alkyl halides is 1. The van der Waals surface area contributed by atoms with Gasteiger partial charge in [0.2, 0.25) is 0 Å². The van der Waals surface area contributed by atoms with Gasteiger partial charge in [-0.25, -0.2) is 12.8 Å². The lowest BCUT2D eigenvalue weighted by molar-refractivity contribution is 0.104. The summed E-state index contributed by atoms with van der Waals surface area (Å²) in [6.45, 7) is 1.41. The fraction of sp³-hybridized carbons (Fsp3) is 1.00. The molecule has 1 fully saturated rings. The van der Waals surface area contributed by atoms with Crippen LogP contribution in [-0.2, 0) is 9.84 Å². The van der Waals surface area contributed by atoms with Gasteiger partial charge in [-0.05, 0) is 38.8 Å². The van der Waals surface area contributed by atoms with Crippen molar-refractivity contribution in [2.75, 3.05) is 25.1 Å². The Labute approximate surface area is 85.0 Å². The first-order valence-electron chi connectivity index (χ1n) is 4.99. The standard InChI is InChI=1S/C9H18FNO2S/c1-14(12,13)8-2-3-9(10)4-6-11-7-5-9/h11H,2-8H2,1H3. The van der Waals surface area contributed by atoms with Gasteiger partial charge in [-0.15, -0.1) is 0 Å². The van der Waals surface area contributed by atoms with E-state index in [9.17, 15) is 12.8 Å². The minimum Gasteiger partial charge on any atom is -0.316 e. The Bertz CT molecular complexity index is 271. The van der Waals surface area contributed by atoms with Gasteiger partial charge in [0.1, 0.15) is 15.5 Å². The van der Waals surface area contributed by atoms with Crippen LogP contribution < -0.4 is 5.32 Å². The largest absolute Gasteiger partial charge is 0.316 e. The van der Waals surface area contributed by atoms with Gasteiger partial charge in [-0.1, -0.05) is 0 Å². The summed E-state index contributed by atoms with van der Waals surface area (Å²) in [5, 5.41) is 3.09. The normalized spacial score (nSPS) is 22.1. The smallest absolute Gasteiger partial charge is 0.147 e. The first-order valence-corrected chi connectivity index (χ1v) is 7.05. The fourth-order valence-electron chi connectivity index (χ4n) is 1.78. The molecule has 84 valence electrons. The minimum atomic E-state index is -2.93. The Kier molecular flexibility index (Phi) is 3.89. The molecule has 0 aromatic heterocycles. The van der Waals surface area contributed by atoms with E-state index in [1.54, 1.807) is 0 Å². The predicted molar refractivity (Wildman–Crippen MR) is 54.9 cm³/mol. The molecule has 1 heterocycles. The van der Waals surface area contributed by atoms with E-state index < -0.39 is 15.5 Å². The van der Waals surface area contributed by atoms with Crippen LogP contribution in [0.25, 0.3) is 0 Å². The zero-order valence-corrected chi connectivity index (χ0v) is 9.37. The molecule has 0 aliphatic carbocycles. The van der Waals surface area contributed by atoms with Gasteiger partial charge >= 0.3 is 0 Å². The summed E-state index contributed by atoms with van der Waals surface area (Å²) in [6, 6.07) is 0. The molecule has 0 aromatic carbocycles. The molecule has 1 N–H and O–H groups in total. The fourth-order valence-corrected chi connectivity index (χ4v) is 2.44. The van der Waals surface area contributed by atoms with Crippen molar-refractivity contribution in [3.05, 3.63) is 0 Å². The van der Waals surface area contributed by atoms with E-state index in [4.69, 9.17) is 0 Å². The highest BCUT2D eigenvalue weighted by atomic mass is 32.2. The van der Waals surface area contributed by atoms with Crippen LogP contribution in [0.3, 0.4) is 0 Å². The maximum absolute atomic E-state index is 13.9. The zero-order chi connectivity index (χ0) is 10.7. The first-order chi connectivity index (χ1) is 6.41. The highest BCUT2D eigenvalue weighted by Crippen LogP contribution is 2.28. The monoisotopic (exact) mass is 223 g/mol. The zero-order valence-electron chi connectivity index (χ0n) is 8.55. The second-order valence-electron chi connectivity index (χ2n) is 4.13. The lowest BCUT2D eigenvalue weighted by Crippen LogP contribution is -2.38. The van der Waals surface area contributed by atoms with Crippen molar-refractivity contribution in [2.45, 2.75) is 31.4 Å². The molecule has 0 bridgehead atoms. The highest BCUT2D eigenvalue weighted by Gasteiger charge is 2.31. The lowest BCUT2D eigenvalue weighted by atomic mass is 9.90. The molecule has 3 nitrogen and oxygen atoms in total. The second kappa shape index (κ2) is 4.57. The molecule has 1 saturated heterocycles. The highest BCUT2D eigenvalue weighted by molar-refractivity contribution is 7.90. The van der Waals surface area contributed by atoms with E-state index in [1.807, 2.05) is 0 Å². The van der Waals surface area contributed by atoms with Crippen molar-refractivity contribution in [3.8, 4) is 0 Å². The summed E-state index contributed by atoms with van der Waals surface area (Å²) >= 11 is 0. The van der Waals surface area contributed by atoms with Gasteiger partial charge in [0.05, 0.1) is 0 Å². The van der Waals surface area contributed by atoms with E-state index in [1.165, 1.54) is 6.26 Å². The van der Waals surface area contributed by atoms with E-state index in [-0.39, 0.29) is 5.75 Å². The van der Waals surface area contributed by atoms with Gasteiger partial charge in [-0.3, -0.25) is 0 Å². The number of halogens is 1. The van der Waals surface area contributed by atoms with E-state index in [0.29, 0.717) is 38.8 Å². The Morgan fingerprint density at radius 2 is 1.93 bits per heavy atom. The van der Waals surface area contributed by atoms with Crippen LogP contribution in [0.2, 0.25) is 0 Å². The third-order valence-corrected chi connectivity index (χ3v) is 3.67. The molecule has 0 saturated carbocycles. The number of rotatable bonds is 4. The predicted octanol–water partition coefficient (Wildman–Crippen LogP) is 0.903. The Balaban J connectivity index is 2.29. The summed E-state index contributed by atoms with van der Waals surface area (Å²) in [5.41, 5.74) is -1.13. The van der Waals surface area contributed by atoms with Crippen molar-refractivity contribution in [1.29, 1.82) is 0 Å². The lowest BCUT2D eigenvalue weighted by Gasteiger charge is -2.29. The Morgan fingerprint density at radius 1 is 1.36 bits per heavy atom. The molecule has 0 spiro atoms. The molecule has 1 aliphatic rings. The van der Waals surface area contributed by atoms with Crippen LogP contribution in [0.5, 0.6) is 0 Å². The molecule has 0 unspecified atom stereocenters. The molecule has 0 amide bonds. The number of piperidine rings is 1. The quantitative estimate of drug-likeness (QED) is 0.770. The topological polar surface area (TPSA) is 46.2 Å². The number of sulfone groups is 1. The summed E-state index contributed by atoms with van der Waals surface area (Å²) in [6.07, 6.45) is 3.03. The van der Waals surface area contributed by atoms with Gasteiger partial charge in [0, 0.05) is 12.0 Å². The molecular weight excluding hydrogens is 205 g/mol. The third-order valence-electron chi connectivity index (χ3n) is 2.64. The SMILES string of the molecule is CS(=O)(=O)CCCC1(F)CCNCC1. The summed E-state index contributed by atoms with van der Waals surface area (Å²) in [4.78, 5) is 0. The summed E-state index contributed by atoms with van der Waals surface area (Å²) in [5.74, 6) is 0.103. The van der Waals surface area contributed by atoms with Gasteiger partial charge in [0.25, 0.3) is 0 Å². The van der Waals surface area contributed by atoms with Crippen LogP contribution >= 0.6 is 0 Å². The average Bonchev–Trinajstić information content (AvgIpc) is 2.02. The molecule has 14 heavy (non-hydrogen) atoms. The molecule has 0 radical (unpaired) electrons. The molecule has 1 rings (SSSR count). The molecule has 0 atom stereocenters. The Hall–Kier alpha value is -0.160. The van der Waals surface area contributed by atoms with Crippen molar-refractivity contribution < 1.29 is 12.8 Å². The molecule has 5 heteroatoms. The van der Waals surface area contributed by atoms with Gasteiger partial charge in [0.15, 0.2) is 0 Å². The second-order valence-corrected chi connectivity index (χ2v) is 6.39. The maximum Gasteiger partial charge on any atom is 0.147 e. The molecule has 0 aromatic rings. The van der Waals surface area contributed by atoms with Gasteiger partial charge in [-0.2, -0.15) is 0 Å². The molecular formula is C9H18FNO2S. The van der Waals surface area contributed by atoms with Crippen LogP contribution in [0.1, 0.15) is 25.7 Å². The minimum absolute atomic E-state index is 0.103. The first kappa shape index (κ1) is 11.9. The van der Waals surface area contributed by atoms with Crippen LogP contribution in [0.15, 0.2) is 0 Å². The summed E-state index contributed by atoms with van der Waals surface area (Å²) < 4.78 is 35.6. The maximum atomic E-state index is 13.9. The summed E-state index contributed by atoms with van der Waals surface area (Å²) in [7, 11) is -2.93. The Morgan fingerprint density at radius 3 is 2.43 bits per heavy atom.